The molecule has 2 aromatic rings. The third-order valence-corrected chi connectivity index (χ3v) is 12.5. The molecule has 2 aliphatic carbocycles. The highest BCUT2D eigenvalue weighted by Crippen LogP contribution is 2.46. The molecular weight excluding hydrogens is 584 g/mol. The molecular formula is C34H43ClN2O5S. The van der Waals surface area contributed by atoms with E-state index in [2.05, 4.69) is 21.8 Å². The molecule has 9 heteroatoms. The molecule has 0 saturated heterocycles. The Morgan fingerprint density at radius 1 is 1.14 bits per heavy atom. The number of hydrogen-bond acceptors (Lipinski definition) is 6. The number of hydrogen-bond donors (Lipinski definition) is 2. The van der Waals surface area contributed by atoms with Crippen LogP contribution in [0.4, 0.5) is 5.69 Å². The molecule has 2 aliphatic heterocycles. The van der Waals surface area contributed by atoms with Crippen molar-refractivity contribution in [2.45, 2.75) is 76.1 Å². The number of allylic oxidation sites excluding steroid dienone is 1. The van der Waals surface area contributed by atoms with E-state index in [-0.39, 0.29) is 34.7 Å². The number of nitrogens with zero attached hydrogens (tertiary/aromatic N) is 1. The van der Waals surface area contributed by atoms with Crippen molar-refractivity contribution in [3.8, 4) is 5.75 Å². The van der Waals surface area contributed by atoms with Crippen LogP contribution in [0.25, 0.3) is 0 Å². The monoisotopic (exact) mass is 626 g/mol. The zero-order valence-electron chi connectivity index (χ0n) is 25.3. The molecule has 1 amide bonds. The van der Waals surface area contributed by atoms with E-state index in [0.717, 1.165) is 42.8 Å². The van der Waals surface area contributed by atoms with Gasteiger partial charge in [0.25, 0.3) is 5.91 Å². The number of halogens is 1. The smallest absolute Gasteiger partial charge is 0.264 e. The van der Waals surface area contributed by atoms with E-state index >= 15 is 0 Å². The van der Waals surface area contributed by atoms with Crippen LogP contribution in [0, 0.1) is 23.7 Å². The Labute approximate surface area is 260 Å². The fraction of sp³-hybridized carbons (Fsp3) is 0.559. The topological polar surface area (TPSA) is 95.9 Å². The van der Waals surface area contributed by atoms with Gasteiger partial charge in [-0.25, -0.2) is 13.1 Å². The van der Waals surface area contributed by atoms with Crippen LogP contribution in [0.3, 0.4) is 0 Å². The van der Waals surface area contributed by atoms with E-state index in [1.165, 1.54) is 11.1 Å². The van der Waals surface area contributed by atoms with Crippen molar-refractivity contribution in [2.75, 3.05) is 24.6 Å². The minimum atomic E-state index is -3.96. The maximum atomic E-state index is 13.5. The second kappa shape index (κ2) is 11.8. The van der Waals surface area contributed by atoms with Gasteiger partial charge in [-0.15, -0.1) is 0 Å². The molecule has 4 aliphatic rings. The van der Waals surface area contributed by atoms with Gasteiger partial charge in [0, 0.05) is 29.1 Å². The van der Waals surface area contributed by atoms with Crippen molar-refractivity contribution >= 4 is 33.2 Å². The first-order chi connectivity index (χ1) is 20.5. The number of amides is 1. The summed E-state index contributed by atoms with van der Waals surface area (Å²) in [6, 6.07) is 11.4. The molecule has 232 valence electrons. The Bertz CT molecular complexity index is 1520. The second-order valence-corrected chi connectivity index (χ2v) is 16.0. The normalized spacial score (nSPS) is 32.9. The van der Waals surface area contributed by atoms with Gasteiger partial charge >= 0.3 is 0 Å². The molecule has 6 rings (SSSR count). The average molecular weight is 627 g/mol. The summed E-state index contributed by atoms with van der Waals surface area (Å²) >= 11 is 6.40. The molecule has 43 heavy (non-hydrogen) atoms. The van der Waals surface area contributed by atoms with Crippen molar-refractivity contribution in [3.63, 3.8) is 0 Å². The summed E-state index contributed by atoms with van der Waals surface area (Å²) in [5.74, 6) is 0.185. The zero-order chi connectivity index (χ0) is 30.5. The fourth-order valence-corrected chi connectivity index (χ4v) is 9.72. The number of anilines is 1. The van der Waals surface area contributed by atoms with Crippen molar-refractivity contribution in [2.24, 2.45) is 23.7 Å². The van der Waals surface area contributed by atoms with Crippen LogP contribution in [-0.2, 0) is 21.9 Å². The van der Waals surface area contributed by atoms with Crippen LogP contribution >= 0.6 is 11.6 Å². The highest BCUT2D eigenvalue weighted by atomic mass is 35.5. The molecule has 0 radical (unpaired) electrons. The van der Waals surface area contributed by atoms with Crippen LogP contribution in [0.15, 0.2) is 48.6 Å². The van der Waals surface area contributed by atoms with Crippen molar-refractivity contribution in [1.29, 1.82) is 0 Å². The lowest BCUT2D eigenvalue weighted by Gasteiger charge is -2.45. The quantitative estimate of drug-likeness (QED) is 0.384. The number of carbonyl (C=O) groups is 1. The standard InChI is InChI=1S/C34H43ClN2O5S/c1-21(2)32-15-22(3)6-12-30(38)27-10-7-25(27)18-37-19-34(14-4-5-23-16-26(35)9-11-28(23)34)20-42-31-13-8-24(17-29(31)37)33(39)36-43(32,40)41/h6,8-9,11-13,16-17,21-22,25,27,30,32,38H,4-5,7,10,14-15,18-20H2,1-3H3,(H,36,39)/b12-6+/t22-,25?,27?,30?,32-,34-/m0/s1. The number of carbonyl (C=O) groups excluding carboxylic acids is 1. The van der Waals surface area contributed by atoms with Gasteiger partial charge in [0.2, 0.25) is 10.0 Å². The van der Waals surface area contributed by atoms with Crippen molar-refractivity contribution in [3.05, 3.63) is 70.3 Å². The Hall–Kier alpha value is -2.55. The van der Waals surface area contributed by atoms with Crippen LogP contribution < -0.4 is 14.4 Å². The van der Waals surface area contributed by atoms with Gasteiger partial charge in [-0.2, -0.15) is 0 Å². The maximum Gasteiger partial charge on any atom is 0.264 e. The molecule has 2 heterocycles. The van der Waals surface area contributed by atoms with Gasteiger partial charge in [-0.1, -0.05) is 50.6 Å². The van der Waals surface area contributed by atoms with Crippen LogP contribution in [0.5, 0.6) is 5.75 Å². The highest BCUT2D eigenvalue weighted by Gasteiger charge is 2.44. The van der Waals surface area contributed by atoms with Gasteiger partial charge in [0.05, 0.1) is 23.6 Å². The Morgan fingerprint density at radius 2 is 1.95 bits per heavy atom. The molecule has 1 fully saturated rings. The summed E-state index contributed by atoms with van der Waals surface area (Å²) < 4.78 is 35.9. The van der Waals surface area contributed by atoms with E-state index < -0.39 is 27.3 Å². The summed E-state index contributed by atoms with van der Waals surface area (Å²) in [6.45, 7) is 7.60. The molecule has 3 unspecified atom stereocenters. The Morgan fingerprint density at radius 3 is 2.70 bits per heavy atom. The van der Waals surface area contributed by atoms with Gasteiger partial charge in [0.15, 0.2) is 0 Å². The van der Waals surface area contributed by atoms with Crippen molar-refractivity contribution in [1.82, 2.24) is 4.72 Å². The van der Waals surface area contributed by atoms with Crippen LogP contribution in [0.2, 0.25) is 5.02 Å². The number of ether oxygens (including phenoxy) is 1. The summed E-state index contributed by atoms with van der Waals surface area (Å²) in [6.07, 6.45) is 8.49. The number of benzene rings is 2. The average Bonchev–Trinajstić information content (AvgIpc) is 3.08. The molecule has 2 N–H and O–H groups in total. The number of aryl methyl sites for hydroxylation is 1. The Balaban J connectivity index is 1.43. The minimum Gasteiger partial charge on any atom is -0.490 e. The number of aliphatic hydroxyl groups excluding tert-OH is 1. The molecule has 7 nitrogen and oxygen atoms in total. The Kier molecular flexibility index (Phi) is 8.33. The van der Waals surface area contributed by atoms with Gasteiger partial charge in [-0.3, -0.25) is 4.79 Å². The summed E-state index contributed by atoms with van der Waals surface area (Å²) in [5.41, 5.74) is 3.33. The number of fused-ring (bicyclic) bond motifs is 4. The lowest BCUT2D eigenvalue weighted by atomic mass is 9.68. The lowest BCUT2D eigenvalue weighted by Crippen LogP contribution is -2.49. The first-order valence-corrected chi connectivity index (χ1v) is 17.6. The summed E-state index contributed by atoms with van der Waals surface area (Å²) in [5, 5.41) is 11.2. The third-order valence-electron chi connectivity index (χ3n) is 10.3. The van der Waals surface area contributed by atoms with Gasteiger partial charge in [-0.05, 0) is 104 Å². The first kappa shape index (κ1) is 30.5. The van der Waals surface area contributed by atoms with Crippen molar-refractivity contribution < 1.29 is 23.1 Å². The van der Waals surface area contributed by atoms with Crippen LogP contribution in [0.1, 0.15) is 74.4 Å². The van der Waals surface area contributed by atoms with E-state index in [1.54, 1.807) is 18.2 Å². The minimum absolute atomic E-state index is 0.0754. The number of nitrogens with one attached hydrogen (secondary N) is 1. The number of rotatable bonds is 1. The first-order valence-electron chi connectivity index (χ1n) is 15.7. The van der Waals surface area contributed by atoms with Gasteiger partial charge < -0.3 is 14.7 Å². The molecule has 2 bridgehead atoms. The third kappa shape index (κ3) is 5.95. The summed E-state index contributed by atoms with van der Waals surface area (Å²) in [7, 11) is -3.96. The molecule has 0 aromatic heterocycles. The lowest BCUT2D eigenvalue weighted by molar-refractivity contribution is 0.0454. The largest absolute Gasteiger partial charge is 0.490 e. The van der Waals surface area contributed by atoms with E-state index in [9.17, 15) is 18.3 Å². The number of sulfonamides is 1. The predicted molar refractivity (Wildman–Crippen MR) is 170 cm³/mol. The highest BCUT2D eigenvalue weighted by molar-refractivity contribution is 7.90. The van der Waals surface area contributed by atoms with E-state index in [1.807, 2.05) is 39.0 Å². The molecule has 6 atom stereocenters. The maximum absolute atomic E-state index is 13.5. The van der Waals surface area contributed by atoms with Gasteiger partial charge in [0.1, 0.15) is 5.75 Å². The molecule has 2 aromatic carbocycles. The van der Waals surface area contributed by atoms with Crippen LogP contribution in [-0.4, -0.2) is 50.5 Å². The molecule has 1 spiro atoms. The fourth-order valence-electron chi connectivity index (χ4n) is 7.72. The van der Waals surface area contributed by atoms with E-state index in [4.69, 9.17) is 16.3 Å². The second-order valence-electron chi connectivity index (χ2n) is 13.6. The summed E-state index contributed by atoms with van der Waals surface area (Å²) in [4.78, 5) is 15.8. The molecule has 1 saturated carbocycles. The zero-order valence-corrected chi connectivity index (χ0v) is 26.8. The predicted octanol–water partition coefficient (Wildman–Crippen LogP) is 5.88. The van der Waals surface area contributed by atoms with E-state index in [0.29, 0.717) is 31.9 Å². The SMILES string of the molecule is CC(C)[C@@H]1C[C@@H](C)/C=C/C(O)C2CCC2CN2C[C@@]3(CCCc4cc(Cl)ccc43)COc3ccc(cc32)C(=O)NS1(=O)=O. The number of aliphatic hydroxyl groups is 1.